The van der Waals surface area contributed by atoms with Crippen molar-refractivity contribution in [2.24, 2.45) is 0 Å². The molecule has 0 saturated carbocycles. The van der Waals surface area contributed by atoms with Crippen LogP contribution in [0.2, 0.25) is 0 Å². The minimum atomic E-state index is 0.775. The summed E-state index contributed by atoms with van der Waals surface area (Å²) >= 11 is 0. The molecule has 0 unspecified atom stereocenters. The molecule has 3 aromatic rings. The number of fused-ring (bicyclic) bond motifs is 1. The van der Waals surface area contributed by atoms with Gasteiger partial charge >= 0.3 is 0 Å². The number of hydrogen-bond donors (Lipinski definition) is 1. The second-order valence-corrected chi connectivity index (χ2v) is 5.21. The van der Waals surface area contributed by atoms with Crippen molar-refractivity contribution in [3.63, 3.8) is 0 Å². The van der Waals surface area contributed by atoms with Crippen LogP contribution in [0.15, 0.2) is 31.0 Å². The molecule has 0 aliphatic carbocycles. The number of nitrogens with zero attached hydrogens (tertiary/aromatic N) is 7. The van der Waals surface area contributed by atoms with Gasteiger partial charge in [-0.2, -0.15) is 5.10 Å². The number of aromatic amines is 1. The molecule has 3 aromatic heterocycles. The van der Waals surface area contributed by atoms with Crippen LogP contribution in [-0.2, 0) is 0 Å². The van der Waals surface area contributed by atoms with E-state index in [2.05, 4.69) is 39.9 Å². The maximum Gasteiger partial charge on any atom is 0.225 e. The number of aromatic nitrogens is 6. The quantitative estimate of drug-likeness (QED) is 0.750. The Kier molecular flexibility index (Phi) is 3.26. The van der Waals surface area contributed by atoms with Crippen molar-refractivity contribution < 1.29 is 0 Å². The molecule has 1 saturated heterocycles. The van der Waals surface area contributed by atoms with Crippen LogP contribution in [0.4, 0.5) is 11.8 Å². The summed E-state index contributed by atoms with van der Waals surface area (Å²) in [5.74, 6) is 1.73. The van der Waals surface area contributed by atoms with Gasteiger partial charge in [0.25, 0.3) is 0 Å². The van der Waals surface area contributed by atoms with Gasteiger partial charge in [-0.1, -0.05) is 0 Å². The smallest absolute Gasteiger partial charge is 0.225 e. The van der Waals surface area contributed by atoms with E-state index in [-0.39, 0.29) is 0 Å². The van der Waals surface area contributed by atoms with Crippen LogP contribution in [-0.4, -0.2) is 56.3 Å². The highest BCUT2D eigenvalue weighted by atomic mass is 15.3. The van der Waals surface area contributed by atoms with Crippen molar-refractivity contribution in [2.45, 2.75) is 6.42 Å². The molecule has 4 heterocycles. The summed E-state index contributed by atoms with van der Waals surface area (Å²) in [5, 5.41) is 7.91. The molecule has 4 rings (SSSR count). The van der Waals surface area contributed by atoms with Gasteiger partial charge in [0.2, 0.25) is 5.95 Å². The SMILES string of the molecule is c1cnc(N2CCCN(c3ncnc4[nH]ncc34)CC2)nc1. The van der Waals surface area contributed by atoms with E-state index >= 15 is 0 Å². The van der Waals surface area contributed by atoms with Gasteiger partial charge in [-0.25, -0.2) is 19.9 Å². The topological polar surface area (TPSA) is 86.7 Å². The van der Waals surface area contributed by atoms with Gasteiger partial charge in [-0.15, -0.1) is 0 Å². The monoisotopic (exact) mass is 296 g/mol. The second-order valence-electron chi connectivity index (χ2n) is 5.21. The third kappa shape index (κ3) is 2.32. The molecule has 8 nitrogen and oxygen atoms in total. The number of rotatable bonds is 2. The van der Waals surface area contributed by atoms with Gasteiger partial charge in [-0.05, 0) is 12.5 Å². The van der Waals surface area contributed by atoms with E-state index < -0.39 is 0 Å². The fourth-order valence-electron chi connectivity index (χ4n) is 2.79. The summed E-state index contributed by atoms with van der Waals surface area (Å²) in [6.45, 7) is 3.63. The van der Waals surface area contributed by atoms with Gasteiger partial charge < -0.3 is 9.80 Å². The molecule has 0 amide bonds. The molecule has 0 radical (unpaired) electrons. The van der Waals surface area contributed by atoms with E-state index in [0.29, 0.717) is 0 Å². The lowest BCUT2D eigenvalue weighted by Crippen LogP contribution is -2.32. The molecule has 0 bridgehead atoms. The largest absolute Gasteiger partial charge is 0.354 e. The second kappa shape index (κ2) is 5.55. The third-order valence-corrected chi connectivity index (χ3v) is 3.86. The van der Waals surface area contributed by atoms with Crippen LogP contribution in [0, 0.1) is 0 Å². The maximum absolute atomic E-state index is 4.45. The molecule has 112 valence electrons. The van der Waals surface area contributed by atoms with Gasteiger partial charge in [0.1, 0.15) is 12.1 Å². The van der Waals surface area contributed by atoms with E-state index in [4.69, 9.17) is 0 Å². The van der Waals surface area contributed by atoms with Crippen LogP contribution in [0.25, 0.3) is 11.0 Å². The fourth-order valence-corrected chi connectivity index (χ4v) is 2.79. The lowest BCUT2D eigenvalue weighted by atomic mass is 10.3. The molecular weight excluding hydrogens is 280 g/mol. The zero-order chi connectivity index (χ0) is 14.8. The Morgan fingerprint density at radius 3 is 2.64 bits per heavy atom. The van der Waals surface area contributed by atoms with E-state index in [1.54, 1.807) is 24.9 Å². The van der Waals surface area contributed by atoms with Gasteiger partial charge in [-0.3, -0.25) is 5.10 Å². The van der Waals surface area contributed by atoms with E-state index in [9.17, 15) is 0 Å². The highest BCUT2D eigenvalue weighted by Gasteiger charge is 2.19. The zero-order valence-corrected chi connectivity index (χ0v) is 12.1. The Hall–Kier alpha value is -2.77. The summed E-state index contributed by atoms with van der Waals surface area (Å²) in [6, 6.07) is 1.84. The van der Waals surface area contributed by atoms with Crippen LogP contribution in [0.1, 0.15) is 6.42 Å². The summed E-state index contributed by atoms with van der Waals surface area (Å²) < 4.78 is 0. The normalized spacial score (nSPS) is 16.0. The minimum Gasteiger partial charge on any atom is -0.354 e. The standard InChI is InChI=1S/C14H16N8/c1-3-15-14(16-4-1)22-6-2-5-21(7-8-22)13-11-9-19-20-12(11)17-10-18-13/h1,3-4,9-10H,2,5-8H2,(H,17,18,19,20). The summed E-state index contributed by atoms with van der Waals surface area (Å²) in [4.78, 5) is 21.8. The summed E-state index contributed by atoms with van der Waals surface area (Å²) in [7, 11) is 0. The van der Waals surface area contributed by atoms with Crippen molar-refractivity contribution in [3.8, 4) is 0 Å². The average molecular weight is 296 g/mol. The van der Waals surface area contributed by atoms with Crippen molar-refractivity contribution in [2.75, 3.05) is 36.0 Å². The first kappa shape index (κ1) is 12.9. The van der Waals surface area contributed by atoms with Crippen LogP contribution >= 0.6 is 0 Å². The maximum atomic E-state index is 4.45. The molecular formula is C14H16N8. The molecule has 8 heteroatoms. The van der Waals surface area contributed by atoms with E-state index in [1.165, 1.54) is 0 Å². The Morgan fingerprint density at radius 2 is 1.73 bits per heavy atom. The molecule has 22 heavy (non-hydrogen) atoms. The lowest BCUT2D eigenvalue weighted by Gasteiger charge is -2.22. The molecule has 0 aromatic carbocycles. The summed E-state index contributed by atoms with van der Waals surface area (Å²) in [5.41, 5.74) is 0.775. The van der Waals surface area contributed by atoms with Crippen LogP contribution in [0.3, 0.4) is 0 Å². The van der Waals surface area contributed by atoms with Gasteiger partial charge in [0.15, 0.2) is 5.65 Å². The first-order valence-corrected chi connectivity index (χ1v) is 7.33. The first-order chi connectivity index (χ1) is 10.9. The molecule has 1 fully saturated rings. The number of nitrogens with one attached hydrogen (secondary N) is 1. The van der Waals surface area contributed by atoms with Crippen molar-refractivity contribution in [1.82, 2.24) is 30.1 Å². The molecule has 0 atom stereocenters. The predicted octanol–water partition coefficient (Wildman–Crippen LogP) is 0.860. The van der Waals surface area contributed by atoms with Gasteiger partial charge in [0.05, 0.1) is 11.6 Å². The first-order valence-electron chi connectivity index (χ1n) is 7.33. The predicted molar refractivity (Wildman–Crippen MR) is 82.8 cm³/mol. The average Bonchev–Trinajstić information content (AvgIpc) is 2.92. The number of H-pyrrole nitrogens is 1. The minimum absolute atomic E-state index is 0.775. The van der Waals surface area contributed by atoms with E-state index in [1.807, 2.05) is 6.07 Å². The number of hydrogen-bond acceptors (Lipinski definition) is 7. The van der Waals surface area contributed by atoms with Crippen LogP contribution in [0.5, 0.6) is 0 Å². The van der Waals surface area contributed by atoms with Gasteiger partial charge in [0, 0.05) is 38.6 Å². The Morgan fingerprint density at radius 1 is 0.909 bits per heavy atom. The van der Waals surface area contributed by atoms with Crippen LogP contribution < -0.4 is 9.80 Å². The molecule has 1 N–H and O–H groups in total. The fraction of sp³-hybridized carbons (Fsp3) is 0.357. The van der Waals surface area contributed by atoms with Crippen molar-refractivity contribution in [3.05, 3.63) is 31.0 Å². The molecule has 0 spiro atoms. The van der Waals surface area contributed by atoms with E-state index in [0.717, 1.165) is 55.4 Å². The molecule has 1 aliphatic heterocycles. The Bertz CT molecular complexity index is 756. The third-order valence-electron chi connectivity index (χ3n) is 3.86. The highest BCUT2D eigenvalue weighted by Crippen LogP contribution is 2.22. The van der Waals surface area contributed by atoms with Crippen molar-refractivity contribution >= 4 is 22.8 Å². The Labute approximate surface area is 127 Å². The highest BCUT2D eigenvalue weighted by molar-refractivity contribution is 5.86. The summed E-state index contributed by atoms with van der Waals surface area (Å²) in [6.07, 6.45) is 7.96. The lowest BCUT2D eigenvalue weighted by molar-refractivity contribution is 0.781. The van der Waals surface area contributed by atoms with Crippen molar-refractivity contribution in [1.29, 1.82) is 0 Å². The Balaban J connectivity index is 1.57. The zero-order valence-electron chi connectivity index (χ0n) is 12.1. The number of anilines is 2. The molecule has 1 aliphatic rings.